The smallest absolute Gasteiger partial charge is 0.262 e. The number of nitrogens with zero attached hydrogens (tertiary/aromatic N) is 2. The van der Waals surface area contributed by atoms with Gasteiger partial charge in [-0.2, -0.15) is 4.98 Å². The van der Waals surface area contributed by atoms with Gasteiger partial charge in [-0.05, 0) is 49.4 Å². The van der Waals surface area contributed by atoms with E-state index >= 15 is 0 Å². The number of anilines is 1. The Morgan fingerprint density at radius 2 is 1.70 bits per heavy atom. The molecule has 8 heteroatoms. The summed E-state index contributed by atoms with van der Waals surface area (Å²) >= 11 is 0. The van der Waals surface area contributed by atoms with Crippen LogP contribution in [0, 0.1) is 0 Å². The molecule has 8 nitrogen and oxygen atoms in total. The number of para-hydroxylation sites is 2. The van der Waals surface area contributed by atoms with Gasteiger partial charge in [0.25, 0.3) is 11.8 Å². The minimum Gasteiger partial charge on any atom is -0.493 e. The van der Waals surface area contributed by atoms with Gasteiger partial charge in [0.15, 0.2) is 18.1 Å². The molecule has 0 spiro atoms. The van der Waals surface area contributed by atoms with Gasteiger partial charge in [0.2, 0.25) is 5.82 Å². The van der Waals surface area contributed by atoms with Crippen LogP contribution in [0.25, 0.3) is 22.8 Å². The summed E-state index contributed by atoms with van der Waals surface area (Å²) < 4.78 is 22.0. The maximum absolute atomic E-state index is 12.4. The van der Waals surface area contributed by atoms with E-state index in [0.717, 1.165) is 5.56 Å². The molecule has 1 N–H and O–H groups in total. The molecule has 0 radical (unpaired) electrons. The topological polar surface area (TPSA) is 95.7 Å². The highest BCUT2D eigenvalue weighted by Gasteiger charge is 2.15. The first-order valence-corrected chi connectivity index (χ1v) is 10.4. The molecule has 0 aliphatic rings. The van der Waals surface area contributed by atoms with E-state index in [-0.39, 0.29) is 12.5 Å². The van der Waals surface area contributed by atoms with E-state index in [2.05, 4.69) is 15.5 Å². The Morgan fingerprint density at radius 3 is 2.48 bits per heavy atom. The number of methoxy groups -OCH3 is 1. The van der Waals surface area contributed by atoms with Crippen molar-refractivity contribution in [2.45, 2.75) is 6.92 Å². The summed E-state index contributed by atoms with van der Waals surface area (Å²) in [5.74, 6) is 1.99. The molecule has 4 aromatic rings. The molecule has 1 amide bonds. The van der Waals surface area contributed by atoms with Crippen LogP contribution in [-0.4, -0.2) is 36.4 Å². The summed E-state index contributed by atoms with van der Waals surface area (Å²) in [6.45, 7) is 2.19. The lowest BCUT2D eigenvalue weighted by molar-refractivity contribution is -0.118. The fourth-order valence-corrected chi connectivity index (χ4v) is 3.15. The van der Waals surface area contributed by atoms with E-state index in [0.29, 0.717) is 46.8 Å². The van der Waals surface area contributed by atoms with Gasteiger partial charge in [0, 0.05) is 11.1 Å². The van der Waals surface area contributed by atoms with Crippen LogP contribution >= 0.6 is 0 Å². The first-order valence-electron chi connectivity index (χ1n) is 10.4. The summed E-state index contributed by atoms with van der Waals surface area (Å²) in [4.78, 5) is 16.9. The van der Waals surface area contributed by atoms with Crippen LogP contribution in [0.1, 0.15) is 6.92 Å². The van der Waals surface area contributed by atoms with Gasteiger partial charge in [-0.1, -0.05) is 35.5 Å². The summed E-state index contributed by atoms with van der Waals surface area (Å²) in [6, 6.07) is 22.0. The molecule has 0 aliphatic heterocycles. The molecule has 33 heavy (non-hydrogen) atoms. The van der Waals surface area contributed by atoms with Crippen molar-refractivity contribution in [3.63, 3.8) is 0 Å². The third kappa shape index (κ3) is 5.30. The summed E-state index contributed by atoms with van der Waals surface area (Å²) in [6.07, 6.45) is 0. The number of ether oxygens (including phenoxy) is 3. The zero-order chi connectivity index (χ0) is 23.0. The van der Waals surface area contributed by atoms with E-state index in [9.17, 15) is 4.79 Å². The molecular weight excluding hydrogens is 422 g/mol. The third-order valence-corrected chi connectivity index (χ3v) is 4.69. The van der Waals surface area contributed by atoms with Gasteiger partial charge >= 0.3 is 0 Å². The highest BCUT2D eigenvalue weighted by atomic mass is 16.5. The van der Waals surface area contributed by atoms with Crippen molar-refractivity contribution < 1.29 is 23.5 Å². The Balaban J connectivity index is 1.43. The van der Waals surface area contributed by atoms with Crippen molar-refractivity contribution in [1.82, 2.24) is 10.1 Å². The standard InChI is InChI=1S/C25H23N3O5/c1-3-31-20-12-8-7-11-19(20)26-23(29)16-32-21-14-13-18(15-22(21)30-2)24-27-25(33-28-24)17-9-5-4-6-10-17/h4-15H,3,16H2,1-2H3,(H,26,29). The van der Waals surface area contributed by atoms with Gasteiger partial charge in [0.05, 0.1) is 19.4 Å². The minimum atomic E-state index is -0.320. The van der Waals surface area contributed by atoms with Crippen LogP contribution in [0.3, 0.4) is 0 Å². The molecule has 168 valence electrons. The predicted octanol–water partition coefficient (Wildman–Crippen LogP) is 4.83. The monoisotopic (exact) mass is 445 g/mol. The quantitative estimate of drug-likeness (QED) is 0.394. The number of carbonyl (C=O) groups excluding carboxylic acids is 1. The number of aromatic nitrogens is 2. The average molecular weight is 445 g/mol. The van der Waals surface area contributed by atoms with Crippen LogP contribution in [0.15, 0.2) is 77.3 Å². The summed E-state index contributed by atoms with van der Waals surface area (Å²) in [5.41, 5.74) is 2.11. The van der Waals surface area contributed by atoms with Crippen molar-refractivity contribution in [1.29, 1.82) is 0 Å². The summed E-state index contributed by atoms with van der Waals surface area (Å²) in [7, 11) is 1.52. The molecule has 0 unspecified atom stereocenters. The molecular formula is C25H23N3O5. The van der Waals surface area contributed by atoms with Gasteiger partial charge in [-0.25, -0.2) is 0 Å². The normalized spacial score (nSPS) is 10.5. The number of rotatable bonds is 9. The fraction of sp³-hybridized carbons (Fsp3) is 0.160. The van der Waals surface area contributed by atoms with Crippen LogP contribution in [0.4, 0.5) is 5.69 Å². The lowest BCUT2D eigenvalue weighted by Gasteiger charge is -2.13. The second-order valence-corrected chi connectivity index (χ2v) is 6.92. The van der Waals surface area contributed by atoms with E-state index in [4.69, 9.17) is 18.7 Å². The highest BCUT2D eigenvalue weighted by molar-refractivity contribution is 5.93. The molecule has 0 bridgehead atoms. The average Bonchev–Trinajstić information content (AvgIpc) is 3.35. The van der Waals surface area contributed by atoms with Crippen LogP contribution in [0.5, 0.6) is 17.2 Å². The Kier molecular flexibility index (Phi) is 6.84. The van der Waals surface area contributed by atoms with Crippen LogP contribution in [-0.2, 0) is 4.79 Å². The summed E-state index contributed by atoms with van der Waals surface area (Å²) in [5, 5.41) is 6.85. The van der Waals surface area contributed by atoms with Gasteiger partial charge < -0.3 is 24.1 Å². The molecule has 0 saturated heterocycles. The minimum absolute atomic E-state index is 0.198. The second-order valence-electron chi connectivity index (χ2n) is 6.92. The SMILES string of the molecule is CCOc1ccccc1NC(=O)COc1ccc(-c2noc(-c3ccccc3)n2)cc1OC. The molecule has 0 fully saturated rings. The van der Waals surface area contributed by atoms with E-state index in [1.54, 1.807) is 30.3 Å². The molecule has 1 heterocycles. The van der Waals surface area contributed by atoms with Gasteiger partial charge in [-0.15, -0.1) is 0 Å². The fourth-order valence-electron chi connectivity index (χ4n) is 3.15. The van der Waals surface area contributed by atoms with Crippen molar-refractivity contribution >= 4 is 11.6 Å². The lowest BCUT2D eigenvalue weighted by atomic mass is 10.2. The molecule has 3 aromatic carbocycles. The lowest BCUT2D eigenvalue weighted by Crippen LogP contribution is -2.20. The van der Waals surface area contributed by atoms with Crippen molar-refractivity contribution in [2.24, 2.45) is 0 Å². The maximum atomic E-state index is 12.4. The molecule has 4 rings (SSSR count). The zero-order valence-electron chi connectivity index (χ0n) is 18.3. The first kappa shape index (κ1) is 21.9. The van der Waals surface area contributed by atoms with Gasteiger partial charge in [-0.3, -0.25) is 4.79 Å². The number of benzene rings is 3. The molecule has 0 saturated carbocycles. The van der Waals surface area contributed by atoms with Crippen molar-refractivity contribution in [3.8, 4) is 40.1 Å². The highest BCUT2D eigenvalue weighted by Crippen LogP contribution is 2.32. The number of hydrogen-bond donors (Lipinski definition) is 1. The van der Waals surface area contributed by atoms with Crippen molar-refractivity contribution in [2.75, 3.05) is 25.6 Å². The first-order chi connectivity index (χ1) is 16.2. The Bertz CT molecular complexity index is 1220. The van der Waals surface area contributed by atoms with E-state index in [1.807, 2.05) is 49.4 Å². The maximum Gasteiger partial charge on any atom is 0.262 e. The number of carbonyl (C=O) groups is 1. The van der Waals surface area contributed by atoms with Crippen molar-refractivity contribution in [3.05, 3.63) is 72.8 Å². The Hall–Kier alpha value is -4.33. The van der Waals surface area contributed by atoms with Crippen LogP contribution < -0.4 is 19.5 Å². The predicted molar refractivity (Wildman–Crippen MR) is 123 cm³/mol. The molecule has 0 aliphatic carbocycles. The number of amides is 1. The molecule has 0 atom stereocenters. The molecule has 1 aromatic heterocycles. The van der Waals surface area contributed by atoms with E-state index in [1.165, 1.54) is 7.11 Å². The Morgan fingerprint density at radius 1 is 0.909 bits per heavy atom. The van der Waals surface area contributed by atoms with E-state index < -0.39 is 0 Å². The van der Waals surface area contributed by atoms with Crippen LogP contribution in [0.2, 0.25) is 0 Å². The number of hydrogen-bond acceptors (Lipinski definition) is 7. The Labute approximate surface area is 191 Å². The van der Waals surface area contributed by atoms with Gasteiger partial charge in [0.1, 0.15) is 5.75 Å². The largest absolute Gasteiger partial charge is 0.493 e. The number of nitrogens with one attached hydrogen (secondary N) is 1. The third-order valence-electron chi connectivity index (χ3n) is 4.69. The second kappa shape index (κ2) is 10.3. The zero-order valence-corrected chi connectivity index (χ0v) is 18.3.